The SMILES string of the molecule is C[C@@H](c1cc(Cl)cc(Cl)c1)N1CCC(C)(C#N)CC1. The van der Waals surface area contributed by atoms with Crippen LogP contribution in [0.5, 0.6) is 0 Å². The Bertz CT molecular complexity index is 479. The number of hydrogen-bond donors (Lipinski definition) is 0. The van der Waals surface area contributed by atoms with E-state index in [4.69, 9.17) is 28.5 Å². The molecule has 19 heavy (non-hydrogen) atoms. The van der Waals surface area contributed by atoms with E-state index in [1.165, 1.54) is 0 Å². The molecule has 2 nitrogen and oxygen atoms in total. The molecule has 1 atom stereocenters. The molecule has 1 heterocycles. The van der Waals surface area contributed by atoms with Gasteiger partial charge in [0, 0.05) is 29.2 Å². The highest BCUT2D eigenvalue weighted by molar-refractivity contribution is 6.34. The maximum absolute atomic E-state index is 9.16. The van der Waals surface area contributed by atoms with Crippen LogP contribution < -0.4 is 0 Å². The van der Waals surface area contributed by atoms with Gasteiger partial charge in [0.05, 0.1) is 11.5 Å². The van der Waals surface area contributed by atoms with Crippen LogP contribution in [0.3, 0.4) is 0 Å². The second-order valence-corrected chi connectivity index (χ2v) is 6.46. The van der Waals surface area contributed by atoms with E-state index in [-0.39, 0.29) is 11.5 Å². The standard InChI is InChI=1S/C15H18Cl2N2/c1-11(12-7-13(16)9-14(17)8-12)19-5-3-15(2,10-18)4-6-19/h7-9,11H,3-6H2,1-2H3/t11-/m0/s1. The van der Waals surface area contributed by atoms with E-state index >= 15 is 0 Å². The highest BCUT2D eigenvalue weighted by Gasteiger charge is 2.31. The summed E-state index contributed by atoms with van der Waals surface area (Å²) in [6.45, 7) is 6.09. The van der Waals surface area contributed by atoms with Gasteiger partial charge in [0.2, 0.25) is 0 Å². The van der Waals surface area contributed by atoms with Gasteiger partial charge in [0.15, 0.2) is 0 Å². The van der Waals surface area contributed by atoms with Crippen molar-refractivity contribution >= 4 is 23.2 Å². The van der Waals surface area contributed by atoms with Crippen LogP contribution in [0, 0.1) is 16.7 Å². The largest absolute Gasteiger partial charge is 0.296 e. The lowest BCUT2D eigenvalue weighted by Crippen LogP contribution is -2.39. The minimum atomic E-state index is -0.164. The Morgan fingerprint density at radius 1 is 1.21 bits per heavy atom. The van der Waals surface area contributed by atoms with Gasteiger partial charge in [-0.15, -0.1) is 0 Å². The molecule has 0 unspecified atom stereocenters. The number of nitriles is 1. The zero-order valence-corrected chi connectivity index (χ0v) is 12.8. The highest BCUT2D eigenvalue weighted by atomic mass is 35.5. The van der Waals surface area contributed by atoms with Crippen molar-refractivity contribution in [2.75, 3.05) is 13.1 Å². The predicted molar refractivity (Wildman–Crippen MR) is 79.4 cm³/mol. The first-order chi connectivity index (χ1) is 8.93. The van der Waals surface area contributed by atoms with Crippen molar-refractivity contribution < 1.29 is 0 Å². The molecule has 0 radical (unpaired) electrons. The van der Waals surface area contributed by atoms with Crippen molar-refractivity contribution in [1.82, 2.24) is 4.90 Å². The van der Waals surface area contributed by atoms with Crippen LogP contribution in [0.2, 0.25) is 10.0 Å². The fraction of sp³-hybridized carbons (Fsp3) is 0.533. The number of likely N-dealkylation sites (tertiary alicyclic amines) is 1. The summed E-state index contributed by atoms with van der Waals surface area (Å²) < 4.78 is 0. The molecular formula is C15H18Cl2N2. The monoisotopic (exact) mass is 296 g/mol. The van der Waals surface area contributed by atoms with Crippen LogP contribution in [-0.2, 0) is 0 Å². The molecule has 0 N–H and O–H groups in total. The van der Waals surface area contributed by atoms with Gasteiger partial charge in [0.1, 0.15) is 0 Å². The van der Waals surface area contributed by atoms with Crippen molar-refractivity contribution in [2.45, 2.75) is 32.7 Å². The molecule has 0 bridgehead atoms. The quantitative estimate of drug-likeness (QED) is 0.792. The smallest absolute Gasteiger partial charge is 0.0687 e. The van der Waals surface area contributed by atoms with Crippen molar-refractivity contribution in [3.8, 4) is 6.07 Å². The van der Waals surface area contributed by atoms with Gasteiger partial charge in [0.25, 0.3) is 0 Å². The first-order valence-corrected chi connectivity index (χ1v) is 7.30. The molecule has 4 heteroatoms. The molecule has 1 aromatic rings. The van der Waals surface area contributed by atoms with E-state index in [1.54, 1.807) is 6.07 Å². The second kappa shape index (κ2) is 5.71. The van der Waals surface area contributed by atoms with Crippen LogP contribution in [0.15, 0.2) is 18.2 Å². The fourth-order valence-corrected chi connectivity index (χ4v) is 3.09. The molecule has 1 aliphatic heterocycles. The molecule has 1 aromatic carbocycles. The van der Waals surface area contributed by atoms with Crippen LogP contribution in [-0.4, -0.2) is 18.0 Å². The van der Waals surface area contributed by atoms with Gasteiger partial charge in [-0.25, -0.2) is 0 Å². The third-order valence-corrected chi connectivity index (χ3v) is 4.52. The summed E-state index contributed by atoms with van der Waals surface area (Å²) in [6, 6.07) is 8.40. The van der Waals surface area contributed by atoms with Gasteiger partial charge in [-0.05, 0) is 50.5 Å². The molecule has 0 saturated carbocycles. The van der Waals surface area contributed by atoms with Crippen LogP contribution in [0.25, 0.3) is 0 Å². The predicted octanol–water partition coefficient (Wildman–Crippen LogP) is 4.68. The maximum atomic E-state index is 9.16. The Morgan fingerprint density at radius 3 is 2.21 bits per heavy atom. The summed E-state index contributed by atoms with van der Waals surface area (Å²) in [5.74, 6) is 0. The van der Waals surface area contributed by atoms with Crippen molar-refractivity contribution in [3.05, 3.63) is 33.8 Å². The Hall–Kier alpha value is -0.750. The van der Waals surface area contributed by atoms with Crippen LogP contribution >= 0.6 is 23.2 Å². The number of piperidine rings is 1. The highest BCUT2D eigenvalue weighted by Crippen LogP contribution is 2.34. The second-order valence-electron chi connectivity index (χ2n) is 5.59. The van der Waals surface area contributed by atoms with Gasteiger partial charge < -0.3 is 0 Å². The molecule has 0 aliphatic carbocycles. The van der Waals surface area contributed by atoms with E-state index in [2.05, 4.69) is 17.9 Å². The summed E-state index contributed by atoms with van der Waals surface area (Å²) in [5, 5.41) is 10.5. The molecule has 0 spiro atoms. The molecule has 0 amide bonds. The maximum Gasteiger partial charge on any atom is 0.0687 e. The summed E-state index contributed by atoms with van der Waals surface area (Å²) in [4.78, 5) is 2.39. The summed E-state index contributed by atoms with van der Waals surface area (Å²) in [5.41, 5.74) is 0.973. The Kier molecular flexibility index (Phi) is 4.40. The first kappa shape index (κ1) is 14.7. The lowest BCUT2D eigenvalue weighted by atomic mass is 9.81. The first-order valence-electron chi connectivity index (χ1n) is 6.55. The minimum Gasteiger partial charge on any atom is -0.296 e. The Labute approximate surface area is 124 Å². The number of rotatable bonds is 2. The third kappa shape index (κ3) is 3.42. The normalized spacial score (nSPS) is 20.8. The van der Waals surface area contributed by atoms with Crippen LogP contribution in [0.1, 0.15) is 38.3 Å². The lowest BCUT2D eigenvalue weighted by molar-refractivity contribution is 0.119. The molecule has 102 valence electrons. The average molecular weight is 297 g/mol. The minimum absolute atomic E-state index is 0.164. The third-order valence-electron chi connectivity index (χ3n) is 4.09. The van der Waals surface area contributed by atoms with Crippen molar-refractivity contribution in [3.63, 3.8) is 0 Å². The zero-order valence-electron chi connectivity index (χ0n) is 11.3. The summed E-state index contributed by atoms with van der Waals surface area (Å²) in [7, 11) is 0. The summed E-state index contributed by atoms with van der Waals surface area (Å²) >= 11 is 12.1. The van der Waals surface area contributed by atoms with E-state index in [1.807, 2.05) is 19.1 Å². The Balaban J connectivity index is 2.09. The lowest BCUT2D eigenvalue weighted by Gasteiger charge is -2.38. The molecular weight excluding hydrogens is 279 g/mol. The molecule has 1 saturated heterocycles. The van der Waals surface area contributed by atoms with Gasteiger partial charge >= 0.3 is 0 Å². The van der Waals surface area contributed by atoms with E-state index in [0.717, 1.165) is 31.5 Å². The van der Waals surface area contributed by atoms with E-state index in [0.29, 0.717) is 10.0 Å². The van der Waals surface area contributed by atoms with Crippen molar-refractivity contribution in [1.29, 1.82) is 5.26 Å². The topological polar surface area (TPSA) is 27.0 Å². The van der Waals surface area contributed by atoms with Gasteiger partial charge in [-0.1, -0.05) is 23.2 Å². The van der Waals surface area contributed by atoms with E-state index < -0.39 is 0 Å². The van der Waals surface area contributed by atoms with Crippen molar-refractivity contribution in [2.24, 2.45) is 5.41 Å². The Morgan fingerprint density at radius 2 is 1.74 bits per heavy atom. The molecule has 1 aliphatic rings. The fourth-order valence-electron chi connectivity index (χ4n) is 2.54. The molecule has 1 fully saturated rings. The average Bonchev–Trinajstić information content (AvgIpc) is 2.38. The van der Waals surface area contributed by atoms with Crippen LogP contribution in [0.4, 0.5) is 0 Å². The number of halogens is 2. The van der Waals surface area contributed by atoms with E-state index in [9.17, 15) is 0 Å². The summed E-state index contributed by atoms with van der Waals surface area (Å²) in [6.07, 6.45) is 1.84. The number of hydrogen-bond acceptors (Lipinski definition) is 2. The van der Waals surface area contributed by atoms with Gasteiger partial charge in [-0.2, -0.15) is 5.26 Å². The number of nitrogens with zero attached hydrogens (tertiary/aromatic N) is 2. The number of benzene rings is 1. The molecule has 2 rings (SSSR count). The zero-order chi connectivity index (χ0) is 14.0. The molecule has 0 aromatic heterocycles. The van der Waals surface area contributed by atoms with Gasteiger partial charge in [-0.3, -0.25) is 4.90 Å².